The first-order chi connectivity index (χ1) is 4.63. The second-order valence-corrected chi connectivity index (χ2v) is 2.47. The van der Waals surface area contributed by atoms with Gasteiger partial charge in [0.05, 0.1) is 0 Å². The molecule has 0 rings (SSSR count). The number of ether oxygens (including phenoxy) is 1. The number of esters is 1. The smallest absolute Gasteiger partial charge is 0.302 e. The highest BCUT2D eigenvalue weighted by atomic mass is 16.5. The van der Waals surface area contributed by atoms with Gasteiger partial charge in [-0.1, -0.05) is 26.0 Å². The van der Waals surface area contributed by atoms with E-state index in [-0.39, 0.29) is 5.97 Å². The second kappa shape index (κ2) is 5.03. The van der Waals surface area contributed by atoms with E-state index in [2.05, 4.69) is 18.6 Å². The summed E-state index contributed by atoms with van der Waals surface area (Å²) in [7, 11) is 0. The van der Waals surface area contributed by atoms with Crippen LogP contribution in [0, 0.1) is 5.92 Å². The van der Waals surface area contributed by atoms with Crippen molar-refractivity contribution in [3.63, 3.8) is 0 Å². The summed E-state index contributed by atoms with van der Waals surface area (Å²) in [5.41, 5.74) is 0. The van der Waals surface area contributed by atoms with Gasteiger partial charge in [0.15, 0.2) is 0 Å². The quantitative estimate of drug-likeness (QED) is 0.443. The van der Waals surface area contributed by atoms with Gasteiger partial charge >= 0.3 is 5.97 Å². The van der Waals surface area contributed by atoms with Gasteiger partial charge in [0.1, 0.15) is 6.61 Å². The molecule has 0 saturated carbocycles. The third kappa shape index (κ3) is 7.21. The van der Waals surface area contributed by atoms with Gasteiger partial charge in [-0.05, 0) is 5.92 Å². The van der Waals surface area contributed by atoms with Crippen LogP contribution in [0.5, 0.6) is 0 Å². The lowest BCUT2D eigenvalue weighted by atomic mass is 10.2. The van der Waals surface area contributed by atoms with Crippen molar-refractivity contribution in [2.75, 3.05) is 6.61 Å². The molecular formula is C8H14O2. The van der Waals surface area contributed by atoms with Crippen LogP contribution in [-0.4, -0.2) is 12.6 Å². The number of hydrogen-bond acceptors (Lipinski definition) is 2. The molecule has 0 amide bonds. The van der Waals surface area contributed by atoms with Crippen molar-refractivity contribution in [2.45, 2.75) is 20.8 Å². The Hall–Kier alpha value is -0.790. The van der Waals surface area contributed by atoms with E-state index in [1.807, 2.05) is 12.2 Å². The largest absolute Gasteiger partial charge is 0.462 e. The molecular weight excluding hydrogens is 128 g/mol. The van der Waals surface area contributed by atoms with E-state index in [4.69, 9.17) is 0 Å². The molecule has 0 aliphatic carbocycles. The molecule has 0 aromatic rings. The Kier molecular flexibility index (Phi) is 4.63. The maximum absolute atomic E-state index is 10.2. The normalized spacial score (nSPS) is 10.8. The molecule has 0 aliphatic heterocycles. The van der Waals surface area contributed by atoms with E-state index in [1.165, 1.54) is 6.92 Å². The van der Waals surface area contributed by atoms with Gasteiger partial charge in [-0.3, -0.25) is 4.79 Å². The van der Waals surface area contributed by atoms with Crippen molar-refractivity contribution < 1.29 is 9.53 Å². The number of rotatable bonds is 3. The lowest BCUT2D eigenvalue weighted by Gasteiger charge is -1.95. The molecule has 0 heterocycles. The van der Waals surface area contributed by atoms with Crippen LogP contribution in [0.25, 0.3) is 0 Å². The van der Waals surface area contributed by atoms with Crippen molar-refractivity contribution in [1.82, 2.24) is 0 Å². The maximum atomic E-state index is 10.2. The van der Waals surface area contributed by atoms with Crippen molar-refractivity contribution in [3.8, 4) is 0 Å². The average molecular weight is 142 g/mol. The van der Waals surface area contributed by atoms with Gasteiger partial charge in [-0.15, -0.1) is 0 Å². The molecule has 0 N–H and O–H groups in total. The molecule has 0 aliphatic rings. The van der Waals surface area contributed by atoms with E-state index < -0.39 is 0 Å². The summed E-state index contributed by atoms with van der Waals surface area (Å²) in [6, 6.07) is 0. The molecule has 0 saturated heterocycles. The van der Waals surface area contributed by atoms with E-state index in [9.17, 15) is 4.79 Å². The summed E-state index contributed by atoms with van der Waals surface area (Å²) in [6.07, 6.45) is 3.86. The highest BCUT2D eigenvalue weighted by molar-refractivity contribution is 5.65. The van der Waals surface area contributed by atoms with Crippen LogP contribution < -0.4 is 0 Å². The van der Waals surface area contributed by atoms with Gasteiger partial charge in [-0.25, -0.2) is 0 Å². The zero-order valence-corrected chi connectivity index (χ0v) is 6.76. The van der Waals surface area contributed by atoms with Gasteiger partial charge in [0, 0.05) is 6.92 Å². The molecule has 0 unspecified atom stereocenters. The fourth-order valence-corrected chi connectivity index (χ4v) is 0.493. The zero-order valence-electron chi connectivity index (χ0n) is 6.76. The summed E-state index contributed by atoms with van der Waals surface area (Å²) in [4.78, 5) is 10.2. The van der Waals surface area contributed by atoms with Crippen molar-refractivity contribution >= 4 is 5.97 Å². The summed E-state index contributed by atoms with van der Waals surface area (Å²) in [5.74, 6) is 0.295. The lowest BCUT2D eigenvalue weighted by Crippen LogP contribution is -1.97. The van der Waals surface area contributed by atoms with Crippen molar-refractivity contribution in [3.05, 3.63) is 12.2 Å². The monoisotopic (exact) mass is 142 g/mol. The van der Waals surface area contributed by atoms with Crippen molar-refractivity contribution in [2.24, 2.45) is 5.92 Å². The topological polar surface area (TPSA) is 26.3 Å². The highest BCUT2D eigenvalue weighted by Crippen LogP contribution is 1.92. The maximum Gasteiger partial charge on any atom is 0.302 e. The van der Waals surface area contributed by atoms with Crippen LogP contribution in [0.1, 0.15) is 20.8 Å². The Morgan fingerprint density at radius 1 is 1.60 bits per heavy atom. The van der Waals surface area contributed by atoms with Crippen LogP contribution in [-0.2, 0) is 9.53 Å². The van der Waals surface area contributed by atoms with Crippen molar-refractivity contribution in [1.29, 1.82) is 0 Å². The minimum atomic E-state index is -0.228. The van der Waals surface area contributed by atoms with Gasteiger partial charge in [0.25, 0.3) is 0 Å². The first-order valence-electron chi connectivity index (χ1n) is 3.43. The first-order valence-corrected chi connectivity index (χ1v) is 3.43. The van der Waals surface area contributed by atoms with Gasteiger partial charge in [0.2, 0.25) is 0 Å². The van der Waals surface area contributed by atoms with E-state index in [0.29, 0.717) is 12.5 Å². The Morgan fingerprint density at radius 3 is 2.60 bits per heavy atom. The number of allylic oxidation sites excluding steroid dienone is 1. The predicted octanol–water partition coefficient (Wildman–Crippen LogP) is 1.76. The Bertz CT molecular complexity index is 125. The van der Waals surface area contributed by atoms with E-state index >= 15 is 0 Å². The Morgan fingerprint density at radius 2 is 2.20 bits per heavy atom. The van der Waals surface area contributed by atoms with Gasteiger partial charge < -0.3 is 4.74 Å². The highest BCUT2D eigenvalue weighted by Gasteiger charge is 1.87. The van der Waals surface area contributed by atoms with Gasteiger partial charge in [-0.2, -0.15) is 0 Å². The summed E-state index contributed by atoms with van der Waals surface area (Å²) >= 11 is 0. The first kappa shape index (κ1) is 9.21. The van der Waals surface area contributed by atoms with Crippen LogP contribution in [0.2, 0.25) is 0 Å². The summed E-state index contributed by atoms with van der Waals surface area (Å²) in [6.45, 7) is 5.95. The summed E-state index contributed by atoms with van der Waals surface area (Å²) in [5, 5.41) is 0. The minimum Gasteiger partial charge on any atom is -0.462 e. The minimum absolute atomic E-state index is 0.228. The Labute approximate surface area is 61.9 Å². The molecule has 2 heteroatoms. The standard InChI is InChI=1S/C8H14O2/c1-7(2)5-4-6-10-8(3)9/h4-5,7H,6H2,1-3H3. The molecule has 0 bridgehead atoms. The fourth-order valence-electron chi connectivity index (χ4n) is 0.493. The zero-order chi connectivity index (χ0) is 7.98. The number of carbonyl (C=O) groups is 1. The molecule has 58 valence electrons. The third-order valence-corrected chi connectivity index (χ3v) is 0.904. The molecule has 0 radical (unpaired) electrons. The van der Waals surface area contributed by atoms with Crippen LogP contribution in [0.4, 0.5) is 0 Å². The lowest BCUT2D eigenvalue weighted by molar-refractivity contribution is -0.139. The number of hydrogen-bond donors (Lipinski definition) is 0. The molecule has 0 atom stereocenters. The fraction of sp³-hybridized carbons (Fsp3) is 0.625. The molecule has 2 nitrogen and oxygen atoms in total. The summed E-state index contributed by atoms with van der Waals surface area (Å²) < 4.78 is 4.67. The molecule has 10 heavy (non-hydrogen) atoms. The molecule has 0 aromatic heterocycles. The Balaban J connectivity index is 3.27. The third-order valence-electron chi connectivity index (χ3n) is 0.904. The van der Waals surface area contributed by atoms with Crippen LogP contribution in [0.15, 0.2) is 12.2 Å². The molecule has 0 spiro atoms. The molecule has 0 fully saturated rings. The average Bonchev–Trinajstić information content (AvgIpc) is 1.79. The van der Waals surface area contributed by atoms with E-state index in [1.54, 1.807) is 0 Å². The van der Waals surface area contributed by atoms with Crippen LogP contribution in [0.3, 0.4) is 0 Å². The number of carbonyl (C=O) groups excluding carboxylic acids is 1. The van der Waals surface area contributed by atoms with Crippen LogP contribution >= 0.6 is 0 Å². The predicted molar refractivity (Wildman–Crippen MR) is 40.6 cm³/mol. The molecule has 0 aromatic carbocycles. The SMILES string of the molecule is CC(=O)OCC=CC(C)C. The van der Waals surface area contributed by atoms with E-state index in [0.717, 1.165) is 0 Å². The second-order valence-electron chi connectivity index (χ2n) is 2.47.